The Balaban J connectivity index is 2.33. The summed E-state index contributed by atoms with van der Waals surface area (Å²) in [6, 6.07) is 0. The van der Waals surface area contributed by atoms with E-state index in [9.17, 15) is 0 Å². The zero-order valence-corrected chi connectivity index (χ0v) is 10.7. The second-order valence-corrected chi connectivity index (χ2v) is 4.80. The molecule has 0 saturated carbocycles. The Bertz CT molecular complexity index is 302. The molecule has 0 spiro atoms. The first-order valence-corrected chi connectivity index (χ1v) is 5.79. The highest BCUT2D eigenvalue weighted by Crippen LogP contribution is 2.12. The van der Waals surface area contributed by atoms with E-state index in [1.807, 2.05) is 20.8 Å². The molecule has 0 aliphatic rings. The van der Waals surface area contributed by atoms with Crippen molar-refractivity contribution in [1.82, 2.24) is 10.3 Å². The third kappa shape index (κ3) is 5.28. The molecule has 0 bridgehead atoms. The Hall–Kier alpha value is -0.870. The zero-order chi connectivity index (χ0) is 12.0. The molecule has 1 aromatic rings. The van der Waals surface area contributed by atoms with Crippen LogP contribution in [-0.2, 0) is 17.9 Å². The van der Waals surface area contributed by atoms with Gasteiger partial charge in [-0.05, 0) is 33.7 Å². The molecule has 0 amide bonds. The number of hydrogen-bond acceptors (Lipinski definition) is 4. The molecule has 4 nitrogen and oxygen atoms in total. The first-order valence-electron chi connectivity index (χ1n) is 5.79. The Morgan fingerprint density at radius 1 is 1.44 bits per heavy atom. The maximum Gasteiger partial charge on any atom is 0.208 e. The summed E-state index contributed by atoms with van der Waals surface area (Å²) in [5, 5.41) is 3.24. The van der Waals surface area contributed by atoms with E-state index in [1.54, 1.807) is 6.20 Å². The zero-order valence-electron chi connectivity index (χ0n) is 10.7. The van der Waals surface area contributed by atoms with Gasteiger partial charge in [0, 0.05) is 0 Å². The van der Waals surface area contributed by atoms with Crippen LogP contribution in [0.1, 0.15) is 45.8 Å². The lowest BCUT2D eigenvalue weighted by molar-refractivity contribution is -0.0227. The van der Waals surface area contributed by atoms with Crippen LogP contribution in [0.15, 0.2) is 10.6 Å². The summed E-state index contributed by atoms with van der Waals surface area (Å²) in [5.41, 5.74) is -0.145. The van der Waals surface area contributed by atoms with E-state index >= 15 is 0 Å². The smallest absolute Gasteiger partial charge is 0.208 e. The Labute approximate surface area is 97.4 Å². The molecule has 0 radical (unpaired) electrons. The molecule has 0 unspecified atom stereocenters. The third-order valence-corrected chi connectivity index (χ3v) is 1.95. The molecule has 0 aromatic carbocycles. The van der Waals surface area contributed by atoms with Crippen LogP contribution in [0.5, 0.6) is 0 Å². The van der Waals surface area contributed by atoms with Crippen LogP contribution in [0.2, 0.25) is 0 Å². The number of hydrogen-bond donors (Lipinski definition) is 1. The van der Waals surface area contributed by atoms with E-state index in [2.05, 4.69) is 17.2 Å². The molecule has 1 rings (SSSR count). The number of oxazole rings is 1. The molecular weight excluding hydrogens is 204 g/mol. The van der Waals surface area contributed by atoms with Gasteiger partial charge in [-0.1, -0.05) is 6.92 Å². The highest BCUT2D eigenvalue weighted by Gasteiger charge is 2.12. The molecule has 1 heterocycles. The lowest BCUT2D eigenvalue weighted by Crippen LogP contribution is -2.18. The normalized spacial score (nSPS) is 12.0. The average molecular weight is 226 g/mol. The molecule has 1 N–H and O–H groups in total. The maximum atomic E-state index is 5.60. The van der Waals surface area contributed by atoms with Gasteiger partial charge >= 0.3 is 0 Å². The predicted octanol–water partition coefficient (Wildman–Crippen LogP) is 2.49. The minimum absolute atomic E-state index is 0.145. The second-order valence-electron chi connectivity index (χ2n) is 4.80. The van der Waals surface area contributed by atoms with Gasteiger partial charge in [0.15, 0.2) is 0 Å². The van der Waals surface area contributed by atoms with Gasteiger partial charge in [0.2, 0.25) is 5.89 Å². The molecule has 0 atom stereocenters. The van der Waals surface area contributed by atoms with E-state index in [0.29, 0.717) is 13.2 Å². The molecule has 0 aliphatic heterocycles. The lowest BCUT2D eigenvalue weighted by Gasteiger charge is -2.18. The topological polar surface area (TPSA) is 47.3 Å². The highest BCUT2D eigenvalue weighted by molar-refractivity contribution is 4.92. The summed E-state index contributed by atoms with van der Waals surface area (Å²) in [5.74, 6) is 1.50. The number of nitrogens with one attached hydrogen (secondary N) is 1. The Morgan fingerprint density at radius 2 is 2.19 bits per heavy atom. The van der Waals surface area contributed by atoms with Crippen LogP contribution in [0, 0.1) is 0 Å². The van der Waals surface area contributed by atoms with Crippen molar-refractivity contribution >= 4 is 0 Å². The summed E-state index contributed by atoms with van der Waals surface area (Å²) >= 11 is 0. The first-order chi connectivity index (χ1) is 7.51. The number of rotatable bonds is 6. The van der Waals surface area contributed by atoms with Crippen molar-refractivity contribution in [2.75, 3.05) is 6.54 Å². The minimum Gasteiger partial charge on any atom is -0.442 e. The van der Waals surface area contributed by atoms with Crippen molar-refractivity contribution < 1.29 is 9.15 Å². The van der Waals surface area contributed by atoms with Gasteiger partial charge in [0.1, 0.15) is 12.4 Å². The van der Waals surface area contributed by atoms with E-state index in [0.717, 1.165) is 24.6 Å². The summed E-state index contributed by atoms with van der Waals surface area (Å²) in [4.78, 5) is 4.18. The molecule has 0 fully saturated rings. The van der Waals surface area contributed by atoms with Gasteiger partial charge in [-0.2, -0.15) is 0 Å². The van der Waals surface area contributed by atoms with Crippen LogP contribution in [-0.4, -0.2) is 17.1 Å². The van der Waals surface area contributed by atoms with E-state index < -0.39 is 0 Å². The highest BCUT2D eigenvalue weighted by atomic mass is 16.5. The predicted molar refractivity (Wildman–Crippen MR) is 63.0 cm³/mol. The summed E-state index contributed by atoms with van der Waals surface area (Å²) in [6.07, 6.45) is 2.84. The minimum atomic E-state index is -0.145. The number of aromatic nitrogens is 1. The van der Waals surface area contributed by atoms with Crippen molar-refractivity contribution in [3.63, 3.8) is 0 Å². The maximum absolute atomic E-state index is 5.60. The SMILES string of the molecule is CCCNCc1ncc(COC(C)(C)C)o1. The quantitative estimate of drug-likeness (QED) is 0.757. The molecule has 4 heteroatoms. The standard InChI is InChI=1S/C12H22N2O2/c1-5-6-13-8-11-14-7-10(16-11)9-15-12(2,3)4/h7,13H,5-6,8-9H2,1-4H3. The van der Waals surface area contributed by atoms with E-state index in [4.69, 9.17) is 9.15 Å². The van der Waals surface area contributed by atoms with Crippen molar-refractivity contribution in [3.8, 4) is 0 Å². The van der Waals surface area contributed by atoms with Crippen molar-refractivity contribution in [2.45, 2.75) is 52.9 Å². The van der Waals surface area contributed by atoms with E-state index in [-0.39, 0.29) is 5.60 Å². The van der Waals surface area contributed by atoms with Gasteiger partial charge in [-0.15, -0.1) is 0 Å². The van der Waals surface area contributed by atoms with Gasteiger partial charge in [-0.25, -0.2) is 4.98 Å². The molecule has 92 valence electrons. The van der Waals surface area contributed by atoms with Crippen LogP contribution in [0.4, 0.5) is 0 Å². The average Bonchev–Trinajstić information content (AvgIpc) is 2.62. The van der Waals surface area contributed by atoms with Gasteiger partial charge in [-0.3, -0.25) is 0 Å². The van der Waals surface area contributed by atoms with Gasteiger partial charge in [0.05, 0.1) is 18.3 Å². The number of nitrogens with zero attached hydrogens (tertiary/aromatic N) is 1. The molecule has 16 heavy (non-hydrogen) atoms. The lowest BCUT2D eigenvalue weighted by atomic mass is 10.2. The third-order valence-electron chi connectivity index (χ3n) is 1.95. The number of ether oxygens (including phenoxy) is 1. The fraction of sp³-hybridized carbons (Fsp3) is 0.750. The van der Waals surface area contributed by atoms with Crippen molar-refractivity contribution in [3.05, 3.63) is 17.8 Å². The fourth-order valence-electron chi connectivity index (χ4n) is 1.16. The fourth-order valence-corrected chi connectivity index (χ4v) is 1.16. The largest absolute Gasteiger partial charge is 0.442 e. The Kier molecular flexibility index (Phi) is 4.96. The molecule has 1 aromatic heterocycles. The van der Waals surface area contributed by atoms with Gasteiger partial charge in [0.25, 0.3) is 0 Å². The van der Waals surface area contributed by atoms with Crippen LogP contribution in [0.25, 0.3) is 0 Å². The van der Waals surface area contributed by atoms with Crippen LogP contribution in [0.3, 0.4) is 0 Å². The van der Waals surface area contributed by atoms with Crippen molar-refractivity contribution in [1.29, 1.82) is 0 Å². The summed E-state index contributed by atoms with van der Waals surface area (Å²) in [6.45, 7) is 10.3. The monoisotopic (exact) mass is 226 g/mol. The first kappa shape index (κ1) is 13.2. The molecule has 0 aliphatic carbocycles. The molecular formula is C12H22N2O2. The molecule has 0 saturated heterocycles. The van der Waals surface area contributed by atoms with Gasteiger partial charge < -0.3 is 14.5 Å². The van der Waals surface area contributed by atoms with E-state index in [1.165, 1.54) is 0 Å². The summed E-state index contributed by atoms with van der Waals surface area (Å²) < 4.78 is 11.1. The second kappa shape index (κ2) is 6.01. The van der Waals surface area contributed by atoms with Crippen LogP contribution >= 0.6 is 0 Å². The van der Waals surface area contributed by atoms with Crippen molar-refractivity contribution in [2.24, 2.45) is 0 Å². The Morgan fingerprint density at radius 3 is 2.81 bits per heavy atom. The van der Waals surface area contributed by atoms with Crippen LogP contribution < -0.4 is 5.32 Å². The summed E-state index contributed by atoms with van der Waals surface area (Å²) in [7, 11) is 0.